The number of nitrogens with zero attached hydrogens (tertiary/aromatic N) is 7. The van der Waals surface area contributed by atoms with Gasteiger partial charge in [0.2, 0.25) is 0 Å². The van der Waals surface area contributed by atoms with Crippen molar-refractivity contribution in [3.63, 3.8) is 0 Å². The minimum Gasteiger partial charge on any atom is -0.465 e. The van der Waals surface area contributed by atoms with Crippen LogP contribution in [0.1, 0.15) is 47.2 Å². The first-order valence-electron chi connectivity index (χ1n) is 14.0. The maximum atomic E-state index is 13.3. The molecule has 2 unspecified atom stereocenters. The highest BCUT2D eigenvalue weighted by Crippen LogP contribution is 2.36. The molecule has 12 heteroatoms. The van der Waals surface area contributed by atoms with Crippen LogP contribution in [0.2, 0.25) is 0 Å². The van der Waals surface area contributed by atoms with Crippen LogP contribution in [0.15, 0.2) is 97.2 Å². The summed E-state index contributed by atoms with van der Waals surface area (Å²) >= 11 is 0. The van der Waals surface area contributed by atoms with Gasteiger partial charge in [-0.25, -0.2) is 14.8 Å². The van der Waals surface area contributed by atoms with Crippen LogP contribution < -0.4 is 10.1 Å². The molecule has 0 fully saturated rings. The van der Waals surface area contributed by atoms with Gasteiger partial charge in [-0.05, 0) is 48.9 Å². The minimum absolute atomic E-state index is 0.0134. The Kier molecular flexibility index (Phi) is 7.81. The third kappa shape index (κ3) is 5.54. The van der Waals surface area contributed by atoms with Gasteiger partial charge in [-0.1, -0.05) is 47.6 Å². The molecule has 1 aliphatic carbocycles. The number of carbonyl (C=O) groups is 2. The number of hydrogen-bond donors (Lipinski definition) is 2. The number of rotatable bonds is 7. The highest BCUT2D eigenvalue weighted by molar-refractivity contribution is 6.06. The fourth-order valence-electron chi connectivity index (χ4n) is 5.52. The van der Waals surface area contributed by atoms with E-state index in [1.165, 1.54) is 34.2 Å². The van der Waals surface area contributed by atoms with E-state index in [-0.39, 0.29) is 23.6 Å². The van der Waals surface area contributed by atoms with E-state index >= 15 is 0 Å². The standard InChI is InChI=1S/C31H30N8O4/c1-2-43-31-34-26-9-5-8-25(29(40)37-16-14-32-19-37)27(26)39(31)18-21-10-12-22(13-11-21)23-6-3-4-7-24(23)28(36-42)35-30(41)38-17-15-33-20-38/h3-5,8-17,19-20,23-24,42H,2,6-7,18H2,1H3,(H,35,36,41). The maximum absolute atomic E-state index is 13.3. The van der Waals surface area contributed by atoms with Gasteiger partial charge in [-0.2, -0.15) is 4.98 Å². The molecule has 1 aliphatic rings. The van der Waals surface area contributed by atoms with E-state index in [1.54, 1.807) is 18.5 Å². The molecule has 0 aliphatic heterocycles. The molecule has 0 bridgehead atoms. The molecule has 0 saturated heterocycles. The second kappa shape index (κ2) is 12.1. The van der Waals surface area contributed by atoms with Gasteiger partial charge in [-0.3, -0.25) is 23.8 Å². The van der Waals surface area contributed by atoms with Crippen molar-refractivity contribution in [2.45, 2.75) is 32.2 Å². The van der Waals surface area contributed by atoms with Gasteiger partial charge in [0.1, 0.15) is 12.7 Å². The summed E-state index contributed by atoms with van der Waals surface area (Å²) < 4.78 is 10.5. The molecule has 0 saturated carbocycles. The number of aromatic nitrogens is 6. The van der Waals surface area contributed by atoms with E-state index in [0.717, 1.165) is 17.5 Å². The predicted octanol–water partition coefficient (Wildman–Crippen LogP) is 4.66. The summed E-state index contributed by atoms with van der Waals surface area (Å²) in [5.41, 5.74) is 3.88. The van der Waals surface area contributed by atoms with Crippen molar-refractivity contribution in [3.8, 4) is 6.01 Å². The quantitative estimate of drug-likeness (QED) is 0.0941. The first-order valence-corrected chi connectivity index (χ1v) is 14.0. The predicted molar refractivity (Wildman–Crippen MR) is 158 cm³/mol. The summed E-state index contributed by atoms with van der Waals surface area (Å²) in [5.74, 6) is -0.244. The number of ether oxygens (including phenoxy) is 1. The summed E-state index contributed by atoms with van der Waals surface area (Å²) in [6.45, 7) is 2.75. The number of oxime groups is 1. The number of benzene rings is 2. The molecule has 0 radical (unpaired) electrons. The lowest BCUT2D eigenvalue weighted by Crippen LogP contribution is -2.40. The normalized spacial score (nSPS) is 16.8. The lowest BCUT2D eigenvalue weighted by molar-refractivity contribution is 0.0961. The maximum Gasteiger partial charge on any atom is 0.332 e. The Morgan fingerprint density at radius 2 is 1.77 bits per heavy atom. The number of hydrogen-bond acceptors (Lipinski definition) is 8. The molecular weight excluding hydrogens is 548 g/mol. The highest BCUT2D eigenvalue weighted by Gasteiger charge is 2.30. The molecule has 1 amide bonds. The van der Waals surface area contributed by atoms with Crippen molar-refractivity contribution < 1.29 is 19.5 Å². The fourth-order valence-corrected chi connectivity index (χ4v) is 5.52. The number of para-hydroxylation sites is 1. The molecule has 43 heavy (non-hydrogen) atoms. The van der Waals surface area contributed by atoms with Crippen LogP contribution >= 0.6 is 0 Å². The van der Waals surface area contributed by atoms with Gasteiger partial charge in [-0.15, -0.1) is 0 Å². The number of allylic oxidation sites excluding steroid dienone is 2. The zero-order valence-electron chi connectivity index (χ0n) is 23.4. The molecule has 6 rings (SSSR count). The van der Waals surface area contributed by atoms with Crippen molar-refractivity contribution in [1.82, 2.24) is 34.0 Å². The van der Waals surface area contributed by atoms with Crippen molar-refractivity contribution in [2.24, 2.45) is 11.1 Å². The number of amidine groups is 1. The topological polar surface area (TPSA) is 141 Å². The van der Waals surface area contributed by atoms with Gasteiger partial charge in [0, 0.05) is 30.7 Å². The summed E-state index contributed by atoms with van der Waals surface area (Å²) in [4.78, 5) is 38.5. The van der Waals surface area contributed by atoms with Crippen LogP contribution in [0.5, 0.6) is 6.01 Å². The number of imidazole rings is 3. The van der Waals surface area contributed by atoms with Gasteiger partial charge >= 0.3 is 6.03 Å². The molecule has 218 valence electrons. The van der Waals surface area contributed by atoms with Crippen molar-refractivity contribution in [3.05, 3.63) is 109 Å². The summed E-state index contributed by atoms with van der Waals surface area (Å²) in [6, 6.07) is 13.6. The summed E-state index contributed by atoms with van der Waals surface area (Å²) in [7, 11) is 0. The van der Waals surface area contributed by atoms with Crippen LogP contribution in [-0.2, 0) is 6.54 Å². The van der Waals surface area contributed by atoms with Crippen molar-refractivity contribution >= 4 is 28.8 Å². The van der Waals surface area contributed by atoms with Gasteiger partial charge < -0.3 is 9.94 Å². The molecule has 2 N–H and O–H groups in total. The Labute approximate surface area is 247 Å². The smallest absolute Gasteiger partial charge is 0.332 e. The molecule has 0 spiro atoms. The molecule has 12 nitrogen and oxygen atoms in total. The Hall–Kier alpha value is -5.52. The summed E-state index contributed by atoms with van der Waals surface area (Å²) in [6.07, 6.45) is 14.6. The highest BCUT2D eigenvalue weighted by atomic mass is 16.5. The zero-order valence-corrected chi connectivity index (χ0v) is 23.4. The first-order chi connectivity index (χ1) is 21.1. The molecule has 3 aromatic heterocycles. The van der Waals surface area contributed by atoms with Crippen molar-refractivity contribution in [2.75, 3.05) is 6.61 Å². The van der Waals surface area contributed by atoms with Crippen LogP contribution in [0.3, 0.4) is 0 Å². The monoisotopic (exact) mass is 578 g/mol. The number of fused-ring (bicyclic) bond motifs is 1. The van der Waals surface area contributed by atoms with Crippen LogP contribution in [0.4, 0.5) is 4.79 Å². The third-order valence-electron chi connectivity index (χ3n) is 7.59. The van der Waals surface area contributed by atoms with E-state index < -0.39 is 6.03 Å². The first kappa shape index (κ1) is 27.6. The molecule has 2 aromatic carbocycles. The fraction of sp³-hybridized carbons (Fsp3) is 0.226. The Morgan fingerprint density at radius 3 is 2.47 bits per heavy atom. The lowest BCUT2D eigenvalue weighted by Gasteiger charge is -2.29. The summed E-state index contributed by atoms with van der Waals surface area (Å²) in [5, 5.41) is 16.0. The molecule has 5 aromatic rings. The number of carbonyl (C=O) groups excluding carboxylic acids is 2. The SMILES string of the molecule is CCOc1nc2cccc(C(=O)n3ccnc3)c2n1Cc1ccc(C2CC=CCC2/C(=N/O)NC(=O)n2ccnc2)cc1. The van der Waals surface area contributed by atoms with Crippen LogP contribution in [0, 0.1) is 5.92 Å². The van der Waals surface area contributed by atoms with E-state index in [2.05, 4.69) is 43.6 Å². The molecule has 2 atom stereocenters. The van der Waals surface area contributed by atoms with Gasteiger partial charge in [0.25, 0.3) is 11.9 Å². The molecular formula is C31H30N8O4. The minimum atomic E-state index is -0.447. The zero-order chi connectivity index (χ0) is 29.8. The largest absolute Gasteiger partial charge is 0.465 e. The Balaban J connectivity index is 1.28. The molecule has 3 heterocycles. The second-order valence-corrected chi connectivity index (χ2v) is 10.1. The van der Waals surface area contributed by atoms with Gasteiger partial charge in [0.15, 0.2) is 5.84 Å². The van der Waals surface area contributed by atoms with E-state index in [1.807, 2.05) is 41.8 Å². The van der Waals surface area contributed by atoms with Crippen LogP contribution in [-0.4, -0.2) is 58.2 Å². The van der Waals surface area contributed by atoms with Crippen LogP contribution in [0.25, 0.3) is 11.0 Å². The third-order valence-corrected chi connectivity index (χ3v) is 7.59. The Morgan fingerprint density at radius 1 is 1.02 bits per heavy atom. The van der Waals surface area contributed by atoms with Gasteiger partial charge in [0.05, 0.1) is 29.7 Å². The Bertz CT molecular complexity index is 1790. The second-order valence-electron chi connectivity index (χ2n) is 10.1. The average Bonchev–Trinajstić information content (AvgIpc) is 3.83. The average molecular weight is 579 g/mol. The number of amides is 1. The van der Waals surface area contributed by atoms with E-state index in [4.69, 9.17) is 4.74 Å². The van der Waals surface area contributed by atoms with E-state index in [0.29, 0.717) is 42.2 Å². The number of nitrogens with one attached hydrogen (secondary N) is 1. The van der Waals surface area contributed by atoms with E-state index in [9.17, 15) is 14.8 Å². The lowest BCUT2D eigenvalue weighted by atomic mass is 9.77. The van der Waals surface area contributed by atoms with Crippen molar-refractivity contribution in [1.29, 1.82) is 0 Å².